The highest BCUT2D eigenvalue weighted by Gasteiger charge is 2.58. The van der Waals surface area contributed by atoms with E-state index in [1.807, 2.05) is 0 Å². The Kier molecular flexibility index (Phi) is 4.18. The molecule has 3 heterocycles. The van der Waals surface area contributed by atoms with Crippen LogP contribution in [0, 0.1) is 17.3 Å². The second-order valence-electron chi connectivity index (χ2n) is 7.75. The van der Waals surface area contributed by atoms with Crippen molar-refractivity contribution in [2.45, 2.75) is 32.2 Å². The van der Waals surface area contributed by atoms with Crippen LogP contribution in [0.1, 0.15) is 25.7 Å². The number of nitrogens with zero attached hydrogens (tertiary/aromatic N) is 6. The van der Waals surface area contributed by atoms with Gasteiger partial charge in [-0.1, -0.05) is 6.42 Å². The monoisotopic (exact) mass is 348 g/mol. The summed E-state index contributed by atoms with van der Waals surface area (Å²) in [7, 11) is 0. The Labute approximate surface area is 146 Å². The van der Waals surface area contributed by atoms with E-state index < -0.39 is 11.4 Å². The standard InChI is InChI=1S/C16H24N6O3/c23-14(4-5-22-11-17-18-19-22)21-8-13-7-20(6-12-2-1-3-12)9-16(13,10-21)15(24)25/h11-13H,1-10H2,(H,24,25)/t13-,16-/m1/s1. The van der Waals surface area contributed by atoms with Crippen molar-refractivity contribution in [2.24, 2.45) is 17.3 Å². The molecular formula is C16H24N6O3. The van der Waals surface area contributed by atoms with Gasteiger partial charge in [-0.15, -0.1) is 5.10 Å². The first-order chi connectivity index (χ1) is 12.1. The first kappa shape index (κ1) is 16.4. The zero-order valence-electron chi connectivity index (χ0n) is 14.3. The summed E-state index contributed by atoms with van der Waals surface area (Å²) in [4.78, 5) is 28.6. The molecule has 1 N–H and O–H groups in total. The van der Waals surface area contributed by atoms with Gasteiger partial charge in [-0.05, 0) is 29.2 Å². The fourth-order valence-corrected chi connectivity index (χ4v) is 4.49. The maximum absolute atomic E-state index is 12.5. The average molecular weight is 348 g/mol. The van der Waals surface area contributed by atoms with Gasteiger partial charge in [0, 0.05) is 45.1 Å². The van der Waals surface area contributed by atoms with Crippen LogP contribution in [0.25, 0.3) is 0 Å². The lowest BCUT2D eigenvalue weighted by molar-refractivity contribution is -0.149. The van der Waals surface area contributed by atoms with Crippen molar-refractivity contribution < 1.29 is 14.7 Å². The van der Waals surface area contributed by atoms with Crippen LogP contribution in [0.15, 0.2) is 6.33 Å². The van der Waals surface area contributed by atoms with E-state index in [1.165, 1.54) is 30.3 Å². The van der Waals surface area contributed by atoms with Crippen molar-refractivity contribution in [1.82, 2.24) is 30.0 Å². The SMILES string of the molecule is O=C(CCn1cnnn1)N1C[C@H]2CN(CC3CCC3)C[C@@]2(C(=O)O)C1. The first-order valence-electron chi connectivity index (χ1n) is 9.01. The minimum atomic E-state index is -0.797. The molecule has 1 aromatic rings. The van der Waals surface area contributed by atoms with Gasteiger partial charge in [0.1, 0.15) is 11.7 Å². The number of fused-ring (bicyclic) bond motifs is 1. The zero-order valence-corrected chi connectivity index (χ0v) is 14.3. The van der Waals surface area contributed by atoms with Crippen LogP contribution < -0.4 is 0 Å². The average Bonchev–Trinajstić information content (AvgIpc) is 3.22. The largest absolute Gasteiger partial charge is 0.481 e. The van der Waals surface area contributed by atoms with Gasteiger partial charge in [0.15, 0.2) is 0 Å². The number of carboxylic acid groups (broad SMARTS) is 1. The summed E-state index contributed by atoms with van der Waals surface area (Å²) in [6.07, 6.45) is 5.60. The second kappa shape index (κ2) is 6.36. The lowest BCUT2D eigenvalue weighted by Crippen LogP contribution is -2.43. The molecule has 0 unspecified atom stereocenters. The van der Waals surface area contributed by atoms with Crippen LogP contribution in [-0.4, -0.2) is 79.7 Å². The summed E-state index contributed by atoms with van der Waals surface area (Å²) in [5, 5.41) is 20.7. The summed E-state index contributed by atoms with van der Waals surface area (Å²) in [6, 6.07) is 0. The number of carbonyl (C=O) groups excluding carboxylic acids is 1. The topological polar surface area (TPSA) is 104 Å². The molecule has 1 amide bonds. The van der Waals surface area contributed by atoms with E-state index in [4.69, 9.17) is 0 Å². The minimum absolute atomic E-state index is 0.0175. The number of rotatable bonds is 6. The molecule has 9 heteroatoms. The molecular weight excluding hydrogens is 324 g/mol. The molecule has 9 nitrogen and oxygen atoms in total. The number of carbonyl (C=O) groups is 2. The predicted octanol–water partition coefficient (Wildman–Crippen LogP) is -0.292. The molecule has 3 aliphatic rings. The summed E-state index contributed by atoms with van der Waals surface area (Å²) >= 11 is 0. The zero-order chi connectivity index (χ0) is 17.4. The second-order valence-corrected chi connectivity index (χ2v) is 7.75. The summed E-state index contributed by atoms with van der Waals surface area (Å²) in [5.74, 6) is -0.0128. The van der Waals surface area contributed by atoms with Gasteiger partial charge in [-0.3, -0.25) is 9.59 Å². The fourth-order valence-electron chi connectivity index (χ4n) is 4.49. The van der Waals surface area contributed by atoms with Crippen LogP contribution in [-0.2, 0) is 16.1 Å². The van der Waals surface area contributed by atoms with Crippen LogP contribution in [0.2, 0.25) is 0 Å². The molecule has 0 spiro atoms. The van der Waals surface area contributed by atoms with E-state index in [-0.39, 0.29) is 11.8 Å². The maximum atomic E-state index is 12.5. The van der Waals surface area contributed by atoms with Gasteiger partial charge in [-0.25, -0.2) is 4.68 Å². The Hall–Kier alpha value is -2.03. The van der Waals surface area contributed by atoms with Crippen molar-refractivity contribution in [3.05, 3.63) is 6.33 Å². The van der Waals surface area contributed by atoms with E-state index >= 15 is 0 Å². The van der Waals surface area contributed by atoms with Gasteiger partial charge in [0.05, 0.1) is 6.54 Å². The summed E-state index contributed by atoms with van der Waals surface area (Å²) in [6.45, 7) is 3.66. The van der Waals surface area contributed by atoms with Crippen molar-refractivity contribution >= 4 is 11.9 Å². The highest BCUT2D eigenvalue weighted by atomic mass is 16.4. The number of likely N-dealkylation sites (tertiary alicyclic amines) is 2. The maximum Gasteiger partial charge on any atom is 0.313 e. The summed E-state index contributed by atoms with van der Waals surface area (Å²) in [5.41, 5.74) is -0.797. The van der Waals surface area contributed by atoms with E-state index in [9.17, 15) is 14.7 Å². The molecule has 0 radical (unpaired) electrons. The molecule has 2 aliphatic heterocycles. The lowest BCUT2D eigenvalue weighted by atomic mass is 9.81. The Morgan fingerprint density at radius 1 is 1.24 bits per heavy atom. The van der Waals surface area contributed by atoms with Gasteiger partial charge in [-0.2, -0.15) is 0 Å². The Bertz CT molecular complexity index is 646. The molecule has 1 aliphatic carbocycles. The molecule has 0 bridgehead atoms. The number of carboxylic acids is 1. The molecule has 1 saturated carbocycles. The highest BCUT2D eigenvalue weighted by molar-refractivity contribution is 5.81. The molecule has 4 rings (SSSR count). The van der Waals surface area contributed by atoms with Crippen LogP contribution in [0.3, 0.4) is 0 Å². The molecule has 25 heavy (non-hydrogen) atoms. The molecule has 1 aromatic heterocycles. The number of hydrogen-bond acceptors (Lipinski definition) is 6. The fraction of sp³-hybridized carbons (Fsp3) is 0.812. The number of tetrazole rings is 1. The van der Waals surface area contributed by atoms with Crippen molar-refractivity contribution in [3.63, 3.8) is 0 Å². The number of aromatic nitrogens is 4. The molecule has 2 atom stereocenters. The number of aryl methyl sites for hydroxylation is 1. The van der Waals surface area contributed by atoms with E-state index in [2.05, 4.69) is 20.4 Å². The Balaban J connectivity index is 1.37. The smallest absolute Gasteiger partial charge is 0.313 e. The molecule has 2 saturated heterocycles. The summed E-state index contributed by atoms with van der Waals surface area (Å²) < 4.78 is 1.52. The third-order valence-corrected chi connectivity index (χ3v) is 6.15. The molecule has 0 aromatic carbocycles. The van der Waals surface area contributed by atoms with E-state index in [1.54, 1.807) is 4.90 Å². The lowest BCUT2D eigenvalue weighted by Gasteiger charge is -2.31. The van der Waals surface area contributed by atoms with E-state index in [0.29, 0.717) is 32.6 Å². The number of amides is 1. The third kappa shape index (κ3) is 3.01. The molecule has 136 valence electrons. The van der Waals surface area contributed by atoms with Crippen molar-refractivity contribution in [2.75, 3.05) is 32.7 Å². The minimum Gasteiger partial charge on any atom is -0.481 e. The van der Waals surface area contributed by atoms with Crippen molar-refractivity contribution in [1.29, 1.82) is 0 Å². The quantitative estimate of drug-likeness (QED) is 0.753. The number of hydrogen-bond donors (Lipinski definition) is 1. The van der Waals surface area contributed by atoms with Gasteiger partial charge >= 0.3 is 5.97 Å². The first-order valence-corrected chi connectivity index (χ1v) is 9.01. The molecule has 3 fully saturated rings. The van der Waals surface area contributed by atoms with Crippen molar-refractivity contribution in [3.8, 4) is 0 Å². The normalized spacial score (nSPS) is 29.6. The van der Waals surface area contributed by atoms with Gasteiger partial charge in [0.2, 0.25) is 5.91 Å². The van der Waals surface area contributed by atoms with Crippen LogP contribution >= 0.6 is 0 Å². The third-order valence-electron chi connectivity index (χ3n) is 6.15. The number of aliphatic carboxylic acids is 1. The predicted molar refractivity (Wildman–Crippen MR) is 86.4 cm³/mol. The van der Waals surface area contributed by atoms with Gasteiger partial charge < -0.3 is 14.9 Å². The Morgan fingerprint density at radius 3 is 2.68 bits per heavy atom. The van der Waals surface area contributed by atoms with Gasteiger partial charge in [0.25, 0.3) is 0 Å². The van der Waals surface area contributed by atoms with Crippen LogP contribution in [0.4, 0.5) is 0 Å². The van der Waals surface area contributed by atoms with E-state index in [0.717, 1.165) is 19.0 Å². The Morgan fingerprint density at radius 2 is 2.08 bits per heavy atom. The van der Waals surface area contributed by atoms with Crippen LogP contribution in [0.5, 0.6) is 0 Å². The highest BCUT2D eigenvalue weighted by Crippen LogP contribution is 2.44.